The van der Waals surface area contributed by atoms with E-state index in [1.807, 2.05) is 48.2 Å². The van der Waals surface area contributed by atoms with Gasteiger partial charge in [-0.1, -0.05) is 35.9 Å². The van der Waals surface area contributed by atoms with Gasteiger partial charge in [0.1, 0.15) is 18.1 Å². The molecule has 1 aromatic heterocycles. The van der Waals surface area contributed by atoms with Gasteiger partial charge >= 0.3 is 5.97 Å². The molecule has 2 saturated heterocycles. The van der Waals surface area contributed by atoms with Gasteiger partial charge < -0.3 is 19.5 Å². The van der Waals surface area contributed by atoms with Crippen molar-refractivity contribution in [3.63, 3.8) is 0 Å². The molecule has 8 heteroatoms. The van der Waals surface area contributed by atoms with E-state index in [1.54, 1.807) is 0 Å². The summed E-state index contributed by atoms with van der Waals surface area (Å²) in [6.45, 7) is 3.60. The van der Waals surface area contributed by atoms with Crippen LogP contribution in [0.1, 0.15) is 12.0 Å². The van der Waals surface area contributed by atoms with Crippen molar-refractivity contribution < 1.29 is 19.4 Å². The largest absolute Gasteiger partial charge is 0.481 e. The van der Waals surface area contributed by atoms with E-state index in [9.17, 15) is 9.90 Å². The number of aliphatic carboxylic acids is 1. The lowest BCUT2D eigenvalue weighted by atomic mass is 9.90. The van der Waals surface area contributed by atoms with E-state index < -0.39 is 17.7 Å². The quantitative estimate of drug-likeness (QED) is 0.662. The van der Waals surface area contributed by atoms with Crippen molar-refractivity contribution in [3.05, 3.63) is 53.3 Å². The zero-order valence-electron chi connectivity index (χ0n) is 17.0. The number of hydrogen-bond donors (Lipinski definition) is 1. The molecule has 1 spiro atoms. The molecule has 1 atom stereocenters. The van der Waals surface area contributed by atoms with E-state index in [0.29, 0.717) is 37.0 Å². The van der Waals surface area contributed by atoms with Gasteiger partial charge in [0.25, 0.3) is 0 Å². The lowest BCUT2D eigenvalue weighted by Crippen LogP contribution is -2.56. The maximum Gasteiger partial charge on any atom is 0.313 e. The van der Waals surface area contributed by atoms with Crippen LogP contribution in [0.4, 0.5) is 5.82 Å². The average Bonchev–Trinajstić information content (AvgIpc) is 3.24. The first-order valence-corrected chi connectivity index (χ1v) is 10.6. The monoisotopic (exact) mass is 439 g/mol. The van der Waals surface area contributed by atoms with Gasteiger partial charge in [-0.05, 0) is 35.7 Å². The zero-order valence-corrected chi connectivity index (χ0v) is 17.8. The van der Waals surface area contributed by atoms with Gasteiger partial charge in [-0.3, -0.25) is 4.79 Å². The second-order valence-electron chi connectivity index (χ2n) is 7.96. The van der Waals surface area contributed by atoms with Gasteiger partial charge in [-0.2, -0.15) is 0 Å². The number of piperidine rings is 1. The van der Waals surface area contributed by atoms with Crippen molar-refractivity contribution in [2.75, 3.05) is 31.2 Å². The molecule has 1 unspecified atom stereocenters. The van der Waals surface area contributed by atoms with E-state index in [2.05, 4.69) is 9.97 Å². The number of hydrogen-bond acceptors (Lipinski definition) is 6. The lowest BCUT2D eigenvalue weighted by Gasteiger charge is -2.42. The summed E-state index contributed by atoms with van der Waals surface area (Å²) in [5.41, 5.74) is 3.71. The fraction of sp³-hybridized carbons (Fsp3) is 0.348. The highest BCUT2D eigenvalue weighted by molar-refractivity contribution is 6.31. The minimum atomic E-state index is -1.06. The molecule has 0 bridgehead atoms. The van der Waals surface area contributed by atoms with Crippen LogP contribution in [0.2, 0.25) is 5.02 Å². The summed E-state index contributed by atoms with van der Waals surface area (Å²) in [5, 5.41) is 11.5. The van der Waals surface area contributed by atoms with E-state index >= 15 is 0 Å². The molecule has 2 aromatic carbocycles. The number of rotatable bonds is 3. The van der Waals surface area contributed by atoms with Gasteiger partial charge in [-0.15, -0.1) is 0 Å². The molecule has 160 valence electrons. The molecule has 2 aliphatic heterocycles. The fourth-order valence-corrected chi connectivity index (χ4v) is 4.70. The molecule has 2 aliphatic rings. The van der Waals surface area contributed by atoms with E-state index in [0.717, 1.165) is 27.6 Å². The standard InChI is InChI=1S/C23H22ClN3O4/c1-14-5-6-15(11-18(14)24)16-3-2-4-19-20(16)21(26-13-25-19)27-8-7-23(30-9-10-31-23)17(12-27)22(28)29/h2-6,11,13,17H,7-10,12H2,1H3,(H,28,29). The van der Waals surface area contributed by atoms with Gasteiger partial charge in [-0.25, -0.2) is 9.97 Å². The van der Waals surface area contributed by atoms with Gasteiger partial charge in [0, 0.05) is 24.5 Å². The number of aromatic nitrogens is 2. The van der Waals surface area contributed by atoms with Crippen molar-refractivity contribution >= 4 is 34.3 Å². The number of carboxylic acid groups (broad SMARTS) is 1. The molecular formula is C23H22ClN3O4. The Balaban J connectivity index is 1.61. The molecule has 1 N–H and O–H groups in total. The minimum Gasteiger partial charge on any atom is -0.481 e. The number of anilines is 1. The van der Waals surface area contributed by atoms with E-state index in [4.69, 9.17) is 21.1 Å². The number of nitrogens with zero attached hydrogens (tertiary/aromatic N) is 3. The number of benzene rings is 2. The normalized spacial score (nSPS) is 20.5. The van der Waals surface area contributed by atoms with Crippen molar-refractivity contribution in [1.29, 1.82) is 0 Å². The number of carbonyl (C=O) groups is 1. The summed E-state index contributed by atoms with van der Waals surface area (Å²) in [5.74, 6) is -2.10. The van der Waals surface area contributed by atoms with Crippen LogP contribution >= 0.6 is 11.6 Å². The van der Waals surface area contributed by atoms with Crippen LogP contribution in [0.3, 0.4) is 0 Å². The number of aryl methyl sites for hydroxylation is 1. The molecule has 2 fully saturated rings. The minimum absolute atomic E-state index is 0.241. The number of carboxylic acids is 1. The SMILES string of the molecule is Cc1ccc(-c2cccc3ncnc(N4CCC5(OCCO5)C(C(=O)O)C4)c23)cc1Cl. The fourth-order valence-electron chi connectivity index (χ4n) is 4.52. The first-order valence-electron chi connectivity index (χ1n) is 10.2. The zero-order chi connectivity index (χ0) is 21.6. The van der Waals surface area contributed by atoms with Crippen LogP contribution in [0.25, 0.3) is 22.0 Å². The van der Waals surface area contributed by atoms with Crippen LogP contribution in [-0.2, 0) is 14.3 Å². The molecule has 31 heavy (non-hydrogen) atoms. The Kier molecular flexibility index (Phi) is 5.04. The molecule has 7 nitrogen and oxygen atoms in total. The Bertz CT molecular complexity index is 1160. The van der Waals surface area contributed by atoms with E-state index in [1.165, 1.54) is 6.33 Å². The highest BCUT2D eigenvalue weighted by Crippen LogP contribution is 2.40. The molecule has 0 amide bonds. The summed E-state index contributed by atoms with van der Waals surface area (Å²) >= 11 is 6.39. The third-order valence-corrected chi connectivity index (χ3v) is 6.57. The molecule has 0 radical (unpaired) electrons. The molecule has 3 heterocycles. The molecule has 3 aromatic rings. The first-order chi connectivity index (χ1) is 15.0. The molecular weight excluding hydrogens is 418 g/mol. The topological polar surface area (TPSA) is 84.8 Å². The Hall–Kier alpha value is -2.74. The summed E-state index contributed by atoms with van der Waals surface area (Å²) < 4.78 is 11.5. The first kappa shape index (κ1) is 20.2. The average molecular weight is 440 g/mol. The highest BCUT2D eigenvalue weighted by Gasteiger charge is 2.52. The summed E-state index contributed by atoms with van der Waals surface area (Å²) in [4.78, 5) is 23.1. The van der Waals surface area contributed by atoms with Gasteiger partial charge in [0.15, 0.2) is 5.79 Å². The Morgan fingerprint density at radius 1 is 1.23 bits per heavy atom. The second kappa shape index (κ2) is 7.75. The Labute approximate surface area is 184 Å². The number of halogens is 1. The van der Waals surface area contributed by atoms with Crippen molar-refractivity contribution in [2.45, 2.75) is 19.1 Å². The number of fused-ring (bicyclic) bond motifs is 1. The smallest absolute Gasteiger partial charge is 0.313 e. The Morgan fingerprint density at radius 3 is 2.77 bits per heavy atom. The predicted octanol–water partition coefficient (Wildman–Crippen LogP) is 3.91. The maximum atomic E-state index is 12.1. The molecule has 0 saturated carbocycles. The van der Waals surface area contributed by atoms with Crippen molar-refractivity contribution in [1.82, 2.24) is 9.97 Å². The lowest BCUT2D eigenvalue weighted by molar-refractivity contribution is -0.212. The summed E-state index contributed by atoms with van der Waals surface area (Å²) in [6.07, 6.45) is 1.97. The Morgan fingerprint density at radius 2 is 2.03 bits per heavy atom. The van der Waals surface area contributed by atoms with Gasteiger partial charge in [0.2, 0.25) is 0 Å². The van der Waals surface area contributed by atoms with Gasteiger partial charge in [0.05, 0.1) is 24.1 Å². The third kappa shape index (κ3) is 3.43. The third-order valence-electron chi connectivity index (χ3n) is 6.16. The van der Waals surface area contributed by atoms with Crippen LogP contribution in [-0.4, -0.2) is 53.1 Å². The second-order valence-corrected chi connectivity index (χ2v) is 8.36. The predicted molar refractivity (Wildman–Crippen MR) is 117 cm³/mol. The van der Waals surface area contributed by atoms with Crippen molar-refractivity contribution in [2.24, 2.45) is 5.92 Å². The highest BCUT2D eigenvalue weighted by atomic mass is 35.5. The van der Waals surface area contributed by atoms with Crippen molar-refractivity contribution in [3.8, 4) is 11.1 Å². The van der Waals surface area contributed by atoms with Crippen LogP contribution in [0.15, 0.2) is 42.7 Å². The number of ether oxygens (including phenoxy) is 2. The van der Waals surface area contributed by atoms with E-state index in [-0.39, 0.29) is 6.54 Å². The van der Waals surface area contributed by atoms with Crippen LogP contribution in [0.5, 0.6) is 0 Å². The maximum absolute atomic E-state index is 12.1. The summed E-state index contributed by atoms with van der Waals surface area (Å²) in [6, 6.07) is 11.8. The molecule has 0 aliphatic carbocycles. The van der Waals surface area contributed by atoms with Crippen LogP contribution < -0.4 is 4.90 Å². The molecule has 5 rings (SSSR count). The van der Waals surface area contributed by atoms with Crippen LogP contribution in [0, 0.1) is 12.8 Å². The summed E-state index contributed by atoms with van der Waals surface area (Å²) in [7, 11) is 0.